The van der Waals surface area contributed by atoms with Gasteiger partial charge in [0.05, 0.1) is 16.7 Å². The van der Waals surface area contributed by atoms with Crippen LogP contribution in [0.5, 0.6) is 6.01 Å². The number of nitrogens with two attached hydrogens (primary N) is 1. The van der Waals surface area contributed by atoms with E-state index in [2.05, 4.69) is 45.4 Å². The summed E-state index contributed by atoms with van der Waals surface area (Å²) in [4.78, 5) is 13.9. The zero-order chi connectivity index (χ0) is 32.7. The molecule has 3 atom stereocenters. The smallest absolute Gasteiger partial charge is 0.319 e. The summed E-state index contributed by atoms with van der Waals surface area (Å²) in [5, 5.41) is 4.37. The monoisotopic (exact) mass is 644 g/mol. The standard InChI is InChI=1S/C38H31F3N6O/c1-2-26-30(39)11-8-21-14-23(42)15-27(32(21)26)33-31(40)16-28-35(34(33)41)44-37(45-36(28)46-18-24-9-10-25(19-46)43-24)48-20-38-12-5-13-47(38)17-22-6-3-4-7-29(22)38/h1,3-4,6-11,14-16,24-25,43H,5,12-13,17-20,42H2. The molecule has 5 aromatic rings. The number of hydrogen-bond acceptors (Lipinski definition) is 7. The molecule has 0 amide bonds. The molecule has 2 saturated heterocycles. The predicted molar refractivity (Wildman–Crippen MR) is 180 cm³/mol. The summed E-state index contributed by atoms with van der Waals surface area (Å²) in [7, 11) is 0. The number of fused-ring (bicyclic) bond motifs is 7. The number of piperazine rings is 1. The van der Waals surface area contributed by atoms with Gasteiger partial charge in [0.25, 0.3) is 0 Å². The molecule has 0 aliphatic carbocycles. The average molecular weight is 645 g/mol. The van der Waals surface area contributed by atoms with Crippen molar-refractivity contribution in [2.75, 3.05) is 36.9 Å². The highest BCUT2D eigenvalue weighted by molar-refractivity contribution is 6.05. The lowest BCUT2D eigenvalue weighted by molar-refractivity contribution is 0.0826. The van der Waals surface area contributed by atoms with Crippen molar-refractivity contribution in [3.63, 3.8) is 0 Å². The molecule has 3 N–H and O–H groups in total. The van der Waals surface area contributed by atoms with Crippen molar-refractivity contribution < 1.29 is 17.9 Å². The maximum atomic E-state index is 17.0. The van der Waals surface area contributed by atoms with Crippen LogP contribution in [0.25, 0.3) is 32.8 Å². The second-order valence-electron chi connectivity index (χ2n) is 13.2. The van der Waals surface area contributed by atoms with E-state index in [0.29, 0.717) is 24.3 Å². The summed E-state index contributed by atoms with van der Waals surface area (Å²) in [5.74, 6) is 0.281. The van der Waals surface area contributed by atoms with Crippen LogP contribution in [0.15, 0.2) is 66.7 Å². The molecule has 48 heavy (non-hydrogen) atoms. The van der Waals surface area contributed by atoms with Crippen molar-refractivity contribution in [2.45, 2.75) is 37.0 Å². The largest absolute Gasteiger partial charge is 0.461 e. The number of rotatable bonds is 5. The first-order chi connectivity index (χ1) is 23.3. The van der Waals surface area contributed by atoms with Crippen LogP contribution in [0.3, 0.4) is 0 Å². The van der Waals surface area contributed by atoms with E-state index < -0.39 is 23.0 Å². The molecule has 4 aliphatic heterocycles. The van der Waals surface area contributed by atoms with Crippen LogP contribution in [0.2, 0.25) is 0 Å². The van der Waals surface area contributed by atoms with E-state index in [-0.39, 0.29) is 63.3 Å². The Kier molecular flexibility index (Phi) is 6.48. The quantitative estimate of drug-likeness (QED) is 0.137. The van der Waals surface area contributed by atoms with E-state index in [1.165, 1.54) is 35.4 Å². The third-order valence-corrected chi connectivity index (χ3v) is 10.4. The lowest BCUT2D eigenvalue weighted by atomic mass is 9.89. The summed E-state index contributed by atoms with van der Waals surface area (Å²) >= 11 is 0. The number of hydrogen-bond donors (Lipinski definition) is 2. The van der Waals surface area contributed by atoms with Crippen molar-refractivity contribution in [3.8, 4) is 29.5 Å². The summed E-state index contributed by atoms with van der Waals surface area (Å²) in [6, 6.07) is 15.5. The van der Waals surface area contributed by atoms with Gasteiger partial charge >= 0.3 is 6.01 Å². The van der Waals surface area contributed by atoms with Crippen molar-refractivity contribution in [3.05, 3.63) is 101 Å². The Bertz CT molecular complexity index is 2230. The average Bonchev–Trinajstić information content (AvgIpc) is 3.74. The Morgan fingerprint density at radius 1 is 1.02 bits per heavy atom. The highest BCUT2D eigenvalue weighted by Gasteiger charge is 2.48. The molecule has 2 bridgehead atoms. The Labute approximate surface area is 275 Å². The van der Waals surface area contributed by atoms with Crippen molar-refractivity contribution in [1.82, 2.24) is 20.2 Å². The molecule has 0 radical (unpaired) electrons. The van der Waals surface area contributed by atoms with Gasteiger partial charge in [-0.15, -0.1) is 6.42 Å². The predicted octanol–water partition coefficient (Wildman–Crippen LogP) is 6.03. The maximum Gasteiger partial charge on any atom is 0.319 e. The normalized spacial score (nSPS) is 22.8. The summed E-state index contributed by atoms with van der Waals surface area (Å²) in [6.07, 6.45) is 11.9. The topological polar surface area (TPSA) is 79.5 Å². The minimum absolute atomic E-state index is 0.00574. The van der Waals surface area contributed by atoms with Gasteiger partial charge in [-0.05, 0) is 65.7 Å². The molecule has 3 unspecified atom stereocenters. The van der Waals surface area contributed by atoms with Gasteiger partial charge in [-0.25, -0.2) is 13.2 Å². The van der Waals surface area contributed by atoms with Gasteiger partial charge in [0.2, 0.25) is 0 Å². The third kappa shape index (κ3) is 4.31. The molecule has 4 aromatic carbocycles. The number of nitrogens with one attached hydrogen (secondary N) is 1. The molecule has 9 rings (SSSR count). The van der Waals surface area contributed by atoms with E-state index in [9.17, 15) is 4.39 Å². The minimum Gasteiger partial charge on any atom is -0.461 e. The van der Waals surface area contributed by atoms with Crippen molar-refractivity contribution in [2.24, 2.45) is 0 Å². The highest BCUT2D eigenvalue weighted by atomic mass is 19.1. The van der Waals surface area contributed by atoms with Crippen LogP contribution in [-0.2, 0) is 12.1 Å². The van der Waals surface area contributed by atoms with E-state index >= 15 is 8.78 Å². The Balaban J connectivity index is 1.22. The number of benzene rings is 4. The second kappa shape index (κ2) is 10.7. The zero-order valence-electron chi connectivity index (χ0n) is 25.9. The first-order valence-corrected chi connectivity index (χ1v) is 16.2. The molecular weight excluding hydrogens is 613 g/mol. The summed E-state index contributed by atoms with van der Waals surface area (Å²) in [5.41, 5.74) is 8.05. The van der Waals surface area contributed by atoms with Crippen LogP contribution < -0.4 is 20.7 Å². The molecule has 240 valence electrons. The van der Waals surface area contributed by atoms with Gasteiger partial charge in [-0.3, -0.25) is 4.90 Å². The number of ether oxygens (including phenoxy) is 1. The second-order valence-corrected chi connectivity index (χ2v) is 13.2. The lowest BCUT2D eigenvalue weighted by Crippen LogP contribution is -2.52. The number of aromatic nitrogens is 2. The Morgan fingerprint density at radius 2 is 1.83 bits per heavy atom. The summed E-state index contributed by atoms with van der Waals surface area (Å²) < 4.78 is 54.8. The molecule has 5 heterocycles. The van der Waals surface area contributed by atoms with Crippen LogP contribution >= 0.6 is 0 Å². The van der Waals surface area contributed by atoms with E-state index in [0.717, 1.165) is 25.9 Å². The molecule has 4 aliphatic rings. The molecule has 0 saturated carbocycles. The maximum absolute atomic E-state index is 17.0. The first-order valence-electron chi connectivity index (χ1n) is 16.2. The van der Waals surface area contributed by atoms with Crippen molar-refractivity contribution >= 4 is 33.2 Å². The number of nitrogens with zero attached hydrogens (tertiary/aromatic N) is 4. The van der Waals surface area contributed by atoms with Crippen LogP contribution in [-0.4, -0.2) is 53.2 Å². The molecule has 7 nitrogen and oxygen atoms in total. The van der Waals surface area contributed by atoms with Crippen LogP contribution in [0.1, 0.15) is 29.5 Å². The van der Waals surface area contributed by atoms with Gasteiger partial charge < -0.3 is 20.7 Å². The van der Waals surface area contributed by atoms with E-state index in [4.69, 9.17) is 21.9 Å². The van der Waals surface area contributed by atoms with Gasteiger partial charge in [0.15, 0.2) is 5.82 Å². The highest BCUT2D eigenvalue weighted by Crippen LogP contribution is 2.47. The summed E-state index contributed by atoms with van der Waals surface area (Å²) in [6.45, 7) is 3.18. The first kappa shape index (κ1) is 29.1. The SMILES string of the molecule is C#Cc1c(F)ccc2cc(N)cc(-c3c(F)cc4c(N5CC6C=CC(C5)N6)nc(OCC56CCCN5Cc5ccccc56)nc4c3F)c12. The lowest BCUT2D eigenvalue weighted by Gasteiger charge is -2.35. The Hall–Kier alpha value is -5.11. The molecule has 1 aromatic heterocycles. The van der Waals surface area contributed by atoms with Gasteiger partial charge in [-0.2, -0.15) is 9.97 Å². The molecule has 10 heteroatoms. The fraction of sp³-hybridized carbons (Fsp3) is 0.263. The number of terminal acetylenes is 1. The Morgan fingerprint density at radius 3 is 2.65 bits per heavy atom. The van der Waals surface area contributed by atoms with E-state index in [1.54, 1.807) is 6.07 Å². The third-order valence-electron chi connectivity index (χ3n) is 10.4. The molecular formula is C38H31F3N6O. The van der Waals surface area contributed by atoms with Gasteiger partial charge in [0, 0.05) is 48.2 Å². The van der Waals surface area contributed by atoms with Crippen LogP contribution in [0, 0.1) is 29.8 Å². The van der Waals surface area contributed by atoms with E-state index in [1.807, 2.05) is 17.0 Å². The number of anilines is 2. The minimum atomic E-state index is -0.930. The molecule has 2 fully saturated rings. The number of halogens is 3. The van der Waals surface area contributed by atoms with Crippen molar-refractivity contribution in [1.29, 1.82) is 0 Å². The van der Waals surface area contributed by atoms with Gasteiger partial charge in [-0.1, -0.05) is 48.4 Å². The zero-order valence-corrected chi connectivity index (χ0v) is 25.9. The fourth-order valence-corrected chi connectivity index (χ4v) is 8.33. The van der Waals surface area contributed by atoms with Crippen LogP contribution in [0.4, 0.5) is 24.7 Å². The molecule has 0 spiro atoms. The number of nitrogen functional groups attached to an aromatic ring is 1. The fourth-order valence-electron chi connectivity index (χ4n) is 8.33. The van der Waals surface area contributed by atoms with Gasteiger partial charge in [0.1, 0.15) is 29.6 Å².